The lowest BCUT2D eigenvalue weighted by atomic mass is 10.3. The molecule has 9 heteroatoms. The van der Waals surface area contributed by atoms with Crippen molar-refractivity contribution < 1.29 is 4.79 Å². The van der Waals surface area contributed by atoms with Crippen LogP contribution in [0.25, 0.3) is 11.0 Å². The number of nitrogens with one attached hydrogen (secondary N) is 3. The molecule has 5 N–H and O–H groups in total. The second-order valence-corrected chi connectivity index (χ2v) is 5.20. The number of nitrogen functional groups attached to an aromatic ring is 1. The van der Waals surface area contributed by atoms with E-state index in [4.69, 9.17) is 5.73 Å². The molecular formula is C14H18N8O. The first-order valence-corrected chi connectivity index (χ1v) is 7.14. The van der Waals surface area contributed by atoms with Crippen molar-refractivity contribution in [3.63, 3.8) is 0 Å². The summed E-state index contributed by atoms with van der Waals surface area (Å²) in [4.78, 5) is 23.3. The monoisotopic (exact) mass is 314 g/mol. The molecule has 3 rings (SSSR count). The SMILES string of the molecule is CNC(=O)C(C)n1cc(Nc2nc(N)c3cc[nH]c3n2)c(C)n1. The van der Waals surface area contributed by atoms with Gasteiger partial charge in [-0.15, -0.1) is 0 Å². The zero-order valence-corrected chi connectivity index (χ0v) is 13.1. The minimum Gasteiger partial charge on any atom is -0.383 e. The van der Waals surface area contributed by atoms with Crippen molar-refractivity contribution in [1.82, 2.24) is 30.0 Å². The van der Waals surface area contributed by atoms with Crippen molar-refractivity contribution >= 4 is 34.4 Å². The molecule has 0 bridgehead atoms. The van der Waals surface area contributed by atoms with Gasteiger partial charge in [-0.1, -0.05) is 0 Å². The summed E-state index contributed by atoms with van der Waals surface area (Å²) in [7, 11) is 1.59. The average Bonchev–Trinajstić information content (AvgIpc) is 3.13. The molecule has 0 saturated carbocycles. The highest BCUT2D eigenvalue weighted by atomic mass is 16.2. The Kier molecular flexibility index (Phi) is 3.61. The van der Waals surface area contributed by atoms with Crippen LogP contribution in [0.1, 0.15) is 18.7 Å². The number of fused-ring (bicyclic) bond motifs is 1. The number of anilines is 3. The quantitative estimate of drug-likeness (QED) is 0.571. The number of hydrogen-bond acceptors (Lipinski definition) is 6. The number of amides is 1. The third-order valence-corrected chi connectivity index (χ3v) is 3.63. The number of aromatic amines is 1. The zero-order valence-electron chi connectivity index (χ0n) is 13.1. The summed E-state index contributed by atoms with van der Waals surface area (Å²) < 4.78 is 1.59. The lowest BCUT2D eigenvalue weighted by Gasteiger charge is -2.09. The van der Waals surface area contributed by atoms with Crippen molar-refractivity contribution in [1.29, 1.82) is 0 Å². The Morgan fingerprint density at radius 1 is 1.43 bits per heavy atom. The fourth-order valence-electron chi connectivity index (χ4n) is 2.27. The molecule has 0 saturated heterocycles. The summed E-state index contributed by atoms with van der Waals surface area (Å²) in [6, 6.07) is 1.41. The van der Waals surface area contributed by atoms with Gasteiger partial charge in [0.05, 0.1) is 16.8 Å². The van der Waals surface area contributed by atoms with Crippen molar-refractivity contribution in [2.45, 2.75) is 19.9 Å². The minimum atomic E-state index is -0.411. The molecule has 23 heavy (non-hydrogen) atoms. The predicted octanol–water partition coefficient (Wildman–Crippen LogP) is 1.10. The predicted molar refractivity (Wildman–Crippen MR) is 87.3 cm³/mol. The van der Waals surface area contributed by atoms with Gasteiger partial charge >= 0.3 is 0 Å². The molecule has 1 amide bonds. The number of rotatable bonds is 4. The van der Waals surface area contributed by atoms with E-state index >= 15 is 0 Å². The third-order valence-electron chi connectivity index (χ3n) is 3.63. The lowest BCUT2D eigenvalue weighted by Crippen LogP contribution is -2.28. The van der Waals surface area contributed by atoms with E-state index in [1.807, 2.05) is 13.0 Å². The van der Waals surface area contributed by atoms with Crippen LogP contribution in [-0.4, -0.2) is 37.7 Å². The highest BCUT2D eigenvalue weighted by molar-refractivity contribution is 5.87. The van der Waals surface area contributed by atoms with E-state index in [-0.39, 0.29) is 5.91 Å². The number of carbonyl (C=O) groups is 1. The number of aromatic nitrogens is 5. The van der Waals surface area contributed by atoms with Crippen LogP contribution in [0.3, 0.4) is 0 Å². The Morgan fingerprint density at radius 3 is 2.96 bits per heavy atom. The summed E-state index contributed by atoms with van der Waals surface area (Å²) in [6.07, 6.45) is 3.50. The molecule has 0 fully saturated rings. The number of carbonyl (C=O) groups excluding carboxylic acids is 1. The maximum absolute atomic E-state index is 11.7. The number of likely N-dealkylation sites (N-methyl/N-ethyl adjacent to an activating group) is 1. The van der Waals surface area contributed by atoms with E-state index in [0.29, 0.717) is 23.1 Å². The van der Waals surface area contributed by atoms with Gasteiger partial charge in [-0.05, 0) is 19.9 Å². The molecular weight excluding hydrogens is 296 g/mol. The Labute approximate surface area is 132 Å². The van der Waals surface area contributed by atoms with E-state index in [1.54, 1.807) is 31.0 Å². The first kappa shape index (κ1) is 14.8. The standard InChI is InChI=1S/C14H18N8O/c1-7-10(6-22(21-7)8(2)13(23)16-3)18-14-19-11(15)9-4-5-17-12(9)20-14/h4-6,8H,1-3H3,(H,16,23)(H4,15,17,18,19,20). The van der Waals surface area contributed by atoms with Crippen molar-refractivity contribution in [3.8, 4) is 0 Å². The van der Waals surface area contributed by atoms with Gasteiger partial charge in [0.1, 0.15) is 17.5 Å². The number of nitrogens with zero attached hydrogens (tertiary/aromatic N) is 4. The summed E-state index contributed by atoms with van der Waals surface area (Å²) in [5.41, 5.74) is 8.02. The number of H-pyrrole nitrogens is 1. The molecule has 0 spiro atoms. The molecule has 1 atom stereocenters. The highest BCUT2D eigenvalue weighted by Crippen LogP contribution is 2.23. The van der Waals surface area contributed by atoms with E-state index in [0.717, 1.165) is 11.1 Å². The topological polar surface area (TPSA) is 127 Å². The Balaban J connectivity index is 1.90. The van der Waals surface area contributed by atoms with Crippen LogP contribution in [0.5, 0.6) is 0 Å². The molecule has 0 aliphatic rings. The van der Waals surface area contributed by atoms with E-state index < -0.39 is 6.04 Å². The minimum absolute atomic E-state index is 0.118. The molecule has 120 valence electrons. The van der Waals surface area contributed by atoms with Crippen LogP contribution >= 0.6 is 0 Å². The number of nitrogens with two attached hydrogens (primary N) is 1. The molecule has 3 heterocycles. The number of aryl methyl sites for hydroxylation is 1. The zero-order chi connectivity index (χ0) is 16.6. The molecule has 3 aromatic rings. The Morgan fingerprint density at radius 2 is 2.22 bits per heavy atom. The van der Waals surface area contributed by atoms with Crippen LogP contribution in [0, 0.1) is 6.92 Å². The fourth-order valence-corrected chi connectivity index (χ4v) is 2.27. The molecule has 1 unspecified atom stereocenters. The van der Waals surface area contributed by atoms with Crippen molar-refractivity contribution in [2.75, 3.05) is 18.1 Å². The first-order valence-electron chi connectivity index (χ1n) is 7.14. The van der Waals surface area contributed by atoms with Gasteiger partial charge in [0.2, 0.25) is 11.9 Å². The molecule has 9 nitrogen and oxygen atoms in total. The van der Waals surface area contributed by atoms with Crippen LogP contribution in [-0.2, 0) is 4.79 Å². The summed E-state index contributed by atoms with van der Waals surface area (Å²) in [5, 5.41) is 10.8. The molecule has 3 aromatic heterocycles. The summed E-state index contributed by atoms with van der Waals surface area (Å²) in [5.74, 6) is 0.641. The second-order valence-electron chi connectivity index (χ2n) is 5.20. The maximum atomic E-state index is 11.7. The molecule has 0 aliphatic carbocycles. The van der Waals surface area contributed by atoms with Gasteiger partial charge in [-0.2, -0.15) is 15.1 Å². The van der Waals surface area contributed by atoms with Crippen LogP contribution in [0.4, 0.5) is 17.5 Å². The first-order chi connectivity index (χ1) is 11.0. The van der Waals surface area contributed by atoms with Crippen LogP contribution < -0.4 is 16.4 Å². The van der Waals surface area contributed by atoms with Crippen molar-refractivity contribution in [3.05, 3.63) is 24.2 Å². The summed E-state index contributed by atoms with van der Waals surface area (Å²) in [6.45, 7) is 3.61. The Hall–Kier alpha value is -3.10. The van der Waals surface area contributed by atoms with E-state index in [1.165, 1.54) is 0 Å². The molecule has 0 aromatic carbocycles. The van der Waals surface area contributed by atoms with Gasteiger partial charge in [0.15, 0.2) is 0 Å². The second kappa shape index (κ2) is 5.59. The largest absolute Gasteiger partial charge is 0.383 e. The summed E-state index contributed by atoms with van der Waals surface area (Å²) >= 11 is 0. The lowest BCUT2D eigenvalue weighted by molar-refractivity contribution is -0.123. The average molecular weight is 314 g/mol. The third kappa shape index (κ3) is 2.68. The molecule has 0 radical (unpaired) electrons. The number of hydrogen-bond donors (Lipinski definition) is 4. The van der Waals surface area contributed by atoms with Crippen LogP contribution in [0.15, 0.2) is 18.5 Å². The van der Waals surface area contributed by atoms with Gasteiger partial charge in [0.25, 0.3) is 0 Å². The molecule has 0 aliphatic heterocycles. The van der Waals surface area contributed by atoms with Gasteiger partial charge in [-0.3, -0.25) is 9.48 Å². The smallest absolute Gasteiger partial charge is 0.244 e. The van der Waals surface area contributed by atoms with Gasteiger partial charge in [-0.25, -0.2) is 0 Å². The maximum Gasteiger partial charge on any atom is 0.244 e. The normalized spacial score (nSPS) is 12.3. The van der Waals surface area contributed by atoms with Crippen molar-refractivity contribution in [2.24, 2.45) is 0 Å². The fraction of sp³-hybridized carbons (Fsp3) is 0.286. The van der Waals surface area contributed by atoms with Gasteiger partial charge < -0.3 is 21.4 Å². The van der Waals surface area contributed by atoms with E-state index in [2.05, 4.69) is 30.7 Å². The van der Waals surface area contributed by atoms with Gasteiger partial charge in [0, 0.05) is 19.4 Å². The Bertz CT molecular complexity index is 865. The highest BCUT2D eigenvalue weighted by Gasteiger charge is 2.17. The van der Waals surface area contributed by atoms with Crippen LogP contribution in [0.2, 0.25) is 0 Å². The van der Waals surface area contributed by atoms with E-state index in [9.17, 15) is 4.79 Å².